The highest BCUT2D eigenvalue weighted by molar-refractivity contribution is 7.13. The maximum Gasteiger partial charge on any atom is 0.147 e. The number of piperazine rings is 1. The molecule has 25 heavy (non-hydrogen) atoms. The summed E-state index contributed by atoms with van der Waals surface area (Å²) < 4.78 is 0. The maximum atomic E-state index is 9.30. The van der Waals surface area contributed by atoms with Crippen molar-refractivity contribution in [1.82, 2.24) is 9.97 Å². The minimum absolute atomic E-state index is 0.732. The van der Waals surface area contributed by atoms with Gasteiger partial charge in [-0.25, -0.2) is 4.98 Å². The summed E-state index contributed by atoms with van der Waals surface area (Å²) in [6, 6.07) is 14.2. The van der Waals surface area contributed by atoms with Crippen LogP contribution < -0.4 is 9.80 Å². The van der Waals surface area contributed by atoms with Gasteiger partial charge in [0.15, 0.2) is 0 Å². The van der Waals surface area contributed by atoms with Crippen LogP contribution in [0.15, 0.2) is 54.2 Å². The molecule has 4 rings (SSSR count). The van der Waals surface area contributed by atoms with Gasteiger partial charge in [-0.1, -0.05) is 18.2 Å². The number of aromatic nitrogens is 2. The summed E-state index contributed by atoms with van der Waals surface area (Å²) in [5.41, 5.74) is 2.67. The predicted octanol–water partition coefficient (Wildman–Crippen LogP) is 3.40. The molecule has 5 nitrogen and oxygen atoms in total. The number of benzene rings is 1. The van der Waals surface area contributed by atoms with Crippen LogP contribution in [-0.4, -0.2) is 36.1 Å². The number of para-hydroxylation sites is 1. The van der Waals surface area contributed by atoms with E-state index in [-0.39, 0.29) is 0 Å². The third kappa shape index (κ3) is 3.19. The van der Waals surface area contributed by atoms with Gasteiger partial charge in [-0.15, -0.1) is 11.3 Å². The Bertz CT molecular complexity index is 892. The van der Waals surface area contributed by atoms with Gasteiger partial charge in [0.2, 0.25) is 0 Å². The van der Waals surface area contributed by atoms with E-state index in [9.17, 15) is 5.26 Å². The van der Waals surface area contributed by atoms with Crippen LogP contribution in [0.4, 0.5) is 11.5 Å². The predicted molar refractivity (Wildman–Crippen MR) is 101 cm³/mol. The SMILES string of the molecule is N#Cc1ccccc1N1CCN(c2cncc(-c3cccs3)n2)CC1. The minimum Gasteiger partial charge on any atom is -0.367 e. The fourth-order valence-electron chi connectivity index (χ4n) is 3.07. The van der Waals surface area contributed by atoms with Gasteiger partial charge < -0.3 is 9.80 Å². The molecule has 0 atom stereocenters. The topological polar surface area (TPSA) is 56.1 Å². The molecule has 0 unspecified atom stereocenters. The first-order valence-corrected chi connectivity index (χ1v) is 9.08. The molecule has 1 aromatic carbocycles. The first-order chi connectivity index (χ1) is 12.3. The fourth-order valence-corrected chi connectivity index (χ4v) is 3.75. The minimum atomic E-state index is 0.732. The summed E-state index contributed by atoms with van der Waals surface area (Å²) in [5.74, 6) is 0.916. The second-order valence-corrected chi connectivity index (χ2v) is 6.79. The molecule has 1 aliphatic rings. The third-order valence-electron chi connectivity index (χ3n) is 4.36. The van der Waals surface area contributed by atoms with Crippen molar-refractivity contribution in [3.8, 4) is 16.6 Å². The van der Waals surface area contributed by atoms with Crippen molar-refractivity contribution in [1.29, 1.82) is 5.26 Å². The zero-order valence-corrected chi connectivity index (χ0v) is 14.5. The number of nitriles is 1. The van der Waals surface area contributed by atoms with E-state index in [2.05, 4.69) is 32.3 Å². The van der Waals surface area contributed by atoms with Gasteiger partial charge in [-0.3, -0.25) is 4.98 Å². The van der Waals surface area contributed by atoms with Gasteiger partial charge in [-0.05, 0) is 23.6 Å². The molecule has 124 valence electrons. The van der Waals surface area contributed by atoms with Crippen molar-refractivity contribution < 1.29 is 0 Å². The van der Waals surface area contributed by atoms with Crippen LogP contribution in [0.5, 0.6) is 0 Å². The van der Waals surface area contributed by atoms with Crippen LogP contribution in [0.2, 0.25) is 0 Å². The Balaban J connectivity index is 1.49. The van der Waals surface area contributed by atoms with Crippen molar-refractivity contribution >= 4 is 22.8 Å². The molecular formula is C19H17N5S. The van der Waals surface area contributed by atoms with E-state index in [1.807, 2.05) is 42.7 Å². The monoisotopic (exact) mass is 347 g/mol. The van der Waals surface area contributed by atoms with Crippen molar-refractivity contribution in [2.24, 2.45) is 0 Å². The molecule has 1 fully saturated rings. The molecule has 0 spiro atoms. The van der Waals surface area contributed by atoms with E-state index in [1.165, 1.54) is 0 Å². The third-order valence-corrected chi connectivity index (χ3v) is 5.26. The molecule has 0 saturated carbocycles. The average molecular weight is 347 g/mol. The van der Waals surface area contributed by atoms with Gasteiger partial charge >= 0.3 is 0 Å². The van der Waals surface area contributed by atoms with E-state index in [4.69, 9.17) is 4.98 Å². The highest BCUT2D eigenvalue weighted by Crippen LogP contribution is 2.25. The van der Waals surface area contributed by atoms with Crippen molar-refractivity contribution in [3.63, 3.8) is 0 Å². The van der Waals surface area contributed by atoms with Crippen LogP contribution in [0, 0.1) is 11.3 Å². The molecule has 0 aliphatic carbocycles. The zero-order valence-electron chi connectivity index (χ0n) is 13.7. The number of hydrogen-bond acceptors (Lipinski definition) is 6. The van der Waals surface area contributed by atoms with Gasteiger partial charge in [0.25, 0.3) is 0 Å². The normalized spacial score (nSPS) is 14.4. The van der Waals surface area contributed by atoms with E-state index >= 15 is 0 Å². The van der Waals surface area contributed by atoms with Crippen molar-refractivity contribution in [2.75, 3.05) is 36.0 Å². The molecule has 1 aliphatic heterocycles. The molecule has 0 radical (unpaired) electrons. The molecule has 6 heteroatoms. The standard InChI is InChI=1S/C19H17N5S/c20-12-15-4-1-2-5-17(15)23-7-9-24(10-8-23)19-14-21-13-16(22-19)18-6-3-11-25-18/h1-6,11,13-14H,7-10H2. The Hall–Kier alpha value is -2.91. The lowest BCUT2D eigenvalue weighted by atomic mass is 10.1. The zero-order chi connectivity index (χ0) is 17.1. The van der Waals surface area contributed by atoms with E-state index < -0.39 is 0 Å². The summed E-state index contributed by atoms with van der Waals surface area (Å²) >= 11 is 1.67. The molecule has 1 saturated heterocycles. The lowest BCUT2D eigenvalue weighted by Crippen LogP contribution is -2.47. The van der Waals surface area contributed by atoms with Crippen LogP contribution in [0.3, 0.4) is 0 Å². The molecule has 0 N–H and O–H groups in total. The van der Waals surface area contributed by atoms with Gasteiger partial charge in [0.1, 0.15) is 17.6 Å². The largest absolute Gasteiger partial charge is 0.367 e. The lowest BCUT2D eigenvalue weighted by molar-refractivity contribution is 0.646. The Morgan fingerprint density at radius 1 is 0.960 bits per heavy atom. The van der Waals surface area contributed by atoms with Gasteiger partial charge in [-0.2, -0.15) is 5.26 Å². The summed E-state index contributed by atoms with van der Waals surface area (Å²) in [7, 11) is 0. The number of anilines is 2. The van der Waals surface area contributed by atoms with Crippen LogP contribution >= 0.6 is 11.3 Å². The van der Waals surface area contributed by atoms with Crippen LogP contribution in [-0.2, 0) is 0 Å². The highest BCUT2D eigenvalue weighted by Gasteiger charge is 2.20. The Kier molecular flexibility index (Phi) is 4.32. The van der Waals surface area contributed by atoms with Crippen LogP contribution in [0.1, 0.15) is 5.56 Å². The second-order valence-electron chi connectivity index (χ2n) is 5.84. The second kappa shape index (κ2) is 6.91. The van der Waals surface area contributed by atoms with E-state index in [0.717, 1.165) is 53.8 Å². The average Bonchev–Trinajstić information content (AvgIpc) is 3.23. The summed E-state index contributed by atoms with van der Waals surface area (Å²) in [6.45, 7) is 3.46. The molecular weight excluding hydrogens is 330 g/mol. The lowest BCUT2D eigenvalue weighted by Gasteiger charge is -2.37. The summed E-state index contributed by atoms with van der Waals surface area (Å²) in [5, 5.41) is 11.3. The number of hydrogen-bond donors (Lipinski definition) is 0. The maximum absolute atomic E-state index is 9.30. The summed E-state index contributed by atoms with van der Waals surface area (Å²) in [6.07, 6.45) is 3.64. The van der Waals surface area contributed by atoms with E-state index in [1.54, 1.807) is 11.3 Å². The van der Waals surface area contributed by atoms with Gasteiger partial charge in [0.05, 0.1) is 28.5 Å². The molecule has 2 aromatic heterocycles. The van der Waals surface area contributed by atoms with Gasteiger partial charge in [0, 0.05) is 26.2 Å². The molecule has 3 heterocycles. The smallest absolute Gasteiger partial charge is 0.147 e. The Morgan fingerprint density at radius 3 is 2.52 bits per heavy atom. The first-order valence-electron chi connectivity index (χ1n) is 8.20. The Labute approximate surface area is 150 Å². The van der Waals surface area contributed by atoms with Crippen molar-refractivity contribution in [3.05, 3.63) is 59.7 Å². The molecule has 0 bridgehead atoms. The quantitative estimate of drug-likeness (QED) is 0.727. The van der Waals surface area contributed by atoms with Crippen molar-refractivity contribution in [2.45, 2.75) is 0 Å². The number of nitrogens with zero attached hydrogens (tertiary/aromatic N) is 5. The number of thiophene rings is 1. The Morgan fingerprint density at radius 2 is 1.76 bits per heavy atom. The van der Waals surface area contributed by atoms with Crippen LogP contribution in [0.25, 0.3) is 10.6 Å². The molecule has 0 amide bonds. The first kappa shape index (κ1) is 15.6. The fraction of sp³-hybridized carbons (Fsp3) is 0.211. The molecule has 3 aromatic rings. The summed E-state index contributed by atoms with van der Waals surface area (Å²) in [4.78, 5) is 14.8. The highest BCUT2D eigenvalue weighted by atomic mass is 32.1. The number of rotatable bonds is 3. The van der Waals surface area contributed by atoms with E-state index in [0.29, 0.717) is 0 Å².